The highest BCUT2D eigenvalue weighted by atomic mass is 16.5. The quantitative estimate of drug-likeness (QED) is 0.493. The Morgan fingerprint density at radius 2 is 1.61 bits per heavy atom. The molecule has 202 valence electrons. The maximum atomic E-state index is 13.3. The SMILES string of the molecule is CCOC(=O)C1=C(C)N(CC(=O)N2CCN(c3ccccc3OCC)CC2)C(=O)CC1c1ccc(C)cc1. The van der Waals surface area contributed by atoms with E-state index >= 15 is 0 Å². The van der Waals surface area contributed by atoms with E-state index < -0.39 is 11.9 Å². The fourth-order valence-corrected chi connectivity index (χ4v) is 5.19. The van der Waals surface area contributed by atoms with Gasteiger partial charge in [0.2, 0.25) is 11.8 Å². The maximum absolute atomic E-state index is 13.3. The predicted molar refractivity (Wildman–Crippen MR) is 146 cm³/mol. The monoisotopic (exact) mass is 519 g/mol. The number of allylic oxidation sites excluding steroid dienone is 1. The topological polar surface area (TPSA) is 79.4 Å². The number of hydrogen-bond donors (Lipinski definition) is 0. The van der Waals surface area contributed by atoms with Crippen LogP contribution in [0.25, 0.3) is 0 Å². The van der Waals surface area contributed by atoms with Crippen molar-refractivity contribution in [2.75, 3.05) is 50.8 Å². The smallest absolute Gasteiger partial charge is 0.336 e. The standard InChI is InChI=1S/C30H37N3O5/c1-5-37-26-10-8-7-9-25(26)31-15-17-32(18-16-31)28(35)20-33-22(4)29(30(36)38-6-2)24(19-27(33)34)23-13-11-21(3)12-14-23/h7-14,24H,5-6,15-20H2,1-4H3. The van der Waals surface area contributed by atoms with Crippen LogP contribution in [0.1, 0.15) is 44.2 Å². The number of rotatable bonds is 8. The summed E-state index contributed by atoms with van der Waals surface area (Å²) < 4.78 is 11.1. The predicted octanol–water partition coefficient (Wildman–Crippen LogP) is 3.90. The number of ether oxygens (including phenoxy) is 2. The normalized spacial score (nSPS) is 18.1. The van der Waals surface area contributed by atoms with Crippen molar-refractivity contribution in [3.8, 4) is 5.75 Å². The van der Waals surface area contributed by atoms with Gasteiger partial charge in [-0.15, -0.1) is 0 Å². The molecule has 2 aromatic carbocycles. The summed E-state index contributed by atoms with van der Waals surface area (Å²) in [5.74, 6) is -0.306. The van der Waals surface area contributed by atoms with Gasteiger partial charge in [-0.3, -0.25) is 9.59 Å². The Morgan fingerprint density at radius 3 is 2.26 bits per heavy atom. The molecular formula is C30H37N3O5. The van der Waals surface area contributed by atoms with Crippen LogP contribution in [0, 0.1) is 6.92 Å². The number of hydrogen-bond acceptors (Lipinski definition) is 6. The van der Waals surface area contributed by atoms with Crippen molar-refractivity contribution in [3.63, 3.8) is 0 Å². The van der Waals surface area contributed by atoms with Crippen LogP contribution in [0.15, 0.2) is 59.8 Å². The fourth-order valence-electron chi connectivity index (χ4n) is 5.19. The maximum Gasteiger partial charge on any atom is 0.336 e. The minimum Gasteiger partial charge on any atom is -0.492 e. The van der Waals surface area contributed by atoms with Crippen molar-refractivity contribution < 1.29 is 23.9 Å². The lowest BCUT2D eigenvalue weighted by molar-refractivity contribution is -0.142. The van der Waals surface area contributed by atoms with Crippen molar-refractivity contribution >= 4 is 23.5 Å². The molecule has 0 aromatic heterocycles. The third kappa shape index (κ3) is 5.85. The summed E-state index contributed by atoms with van der Waals surface area (Å²) in [6.07, 6.45) is 0.115. The van der Waals surface area contributed by atoms with Gasteiger partial charge in [0.25, 0.3) is 0 Å². The van der Waals surface area contributed by atoms with Gasteiger partial charge >= 0.3 is 5.97 Å². The van der Waals surface area contributed by atoms with Crippen molar-refractivity contribution in [2.24, 2.45) is 0 Å². The van der Waals surface area contributed by atoms with Crippen LogP contribution in [-0.2, 0) is 19.1 Å². The number of nitrogens with zero attached hydrogens (tertiary/aromatic N) is 3. The molecule has 0 radical (unpaired) electrons. The lowest BCUT2D eigenvalue weighted by atomic mass is 9.83. The van der Waals surface area contributed by atoms with Crippen LogP contribution < -0.4 is 9.64 Å². The molecule has 38 heavy (non-hydrogen) atoms. The summed E-state index contributed by atoms with van der Waals surface area (Å²) in [4.78, 5) is 45.1. The first-order chi connectivity index (χ1) is 18.3. The molecule has 2 heterocycles. The second kappa shape index (κ2) is 12.2. The molecule has 2 amide bonds. The van der Waals surface area contributed by atoms with Crippen molar-refractivity contribution in [1.29, 1.82) is 0 Å². The lowest BCUT2D eigenvalue weighted by Gasteiger charge is -2.39. The first-order valence-electron chi connectivity index (χ1n) is 13.3. The number of piperazine rings is 1. The zero-order valence-electron chi connectivity index (χ0n) is 22.7. The summed E-state index contributed by atoms with van der Waals surface area (Å²) in [5, 5.41) is 0. The number of para-hydroxylation sites is 2. The molecule has 1 fully saturated rings. The molecule has 1 atom stereocenters. The van der Waals surface area contributed by atoms with E-state index in [-0.39, 0.29) is 31.4 Å². The Bertz CT molecular complexity index is 1200. The molecule has 4 rings (SSSR count). The minimum absolute atomic E-state index is 0.0935. The molecule has 8 nitrogen and oxygen atoms in total. The molecule has 1 saturated heterocycles. The van der Waals surface area contributed by atoms with Crippen molar-refractivity contribution in [1.82, 2.24) is 9.80 Å². The zero-order valence-corrected chi connectivity index (χ0v) is 22.7. The number of carbonyl (C=O) groups excluding carboxylic acids is 3. The van der Waals surface area contributed by atoms with E-state index in [1.54, 1.807) is 18.7 Å². The second-order valence-electron chi connectivity index (χ2n) is 9.64. The van der Waals surface area contributed by atoms with E-state index in [0.29, 0.717) is 44.1 Å². The summed E-state index contributed by atoms with van der Waals surface area (Å²) in [6.45, 7) is 10.6. The Hall–Kier alpha value is -3.81. The van der Waals surface area contributed by atoms with E-state index in [1.807, 2.05) is 62.4 Å². The van der Waals surface area contributed by atoms with Crippen LogP contribution in [0.3, 0.4) is 0 Å². The Labute approximate surface area is 224 Å². The number of benzene rings is 2. The van der Waals surface area contributed by atoms with Gasteiger partial charge in [0, 0.05) is 44.2 Å². The van der Waals surface area contributed by atoms with Gasteiger partial charge < -0.3 is 24.2 Å². The molecule has 8 heteroatoms. The molecule has 1 unspecified atom stereocenters. The van der Waals surface area contributed by atoms with Crippen LogP contribution in [0.5, 0.6) is 5.75 Å². The molecule has 0 aliphatic carbocycles. The first kappa shape index (κ1) is 27.2. The average molecular weight is 520 g/mol. The highest BCUT2D eigenvalue weighted by Gasteiger charge is 2.38. The Morgan fingerprint density at radius 1 is 0.921 bits per heavy atom. The van der Waals surface area contributed by atoms with E-state index in [9.17, 15) is 14.4 Å². The van der Waals surface area contributed by atoms with E-state index in [4.69, 9.17) is 9.47 Å². The van der Waals surface area contributed by atoms with Gasteiger partial charge in [0.1, 0.15) is 12.3 Å². The summed E-state index contributed by atoms with van der Waals surface area (Å²) in [7, 11) is 0. The van der Waals surface area contributed by atoms with E-state index in [1.165, 1.54) is 4.90 Å². The number of aryl methyl sites for hydroxylation is 1. The van der Waals surface area contributed by atoms with Crippen LogP contribution in [0.4, 0.5) is 5.69 Å². The van der Waals surface area contributed by atoms with Gasteiger partial charge in [0.15, 0.2) is 0 Å². The van der Waals surface area contributed by atoms with Gasteiger partial charge in [-0.05, 0) is 45.4 Å². The molecule has 0 saturated carbocycles. The number of esters is 1. The fraction of sp³-hybridized carbons (Fsp3) is 0.433. The van der Waals surface area contributed by atoms with E-state index in [0.717, 1.165) is 22.6 Å². The molecular weight excluding hydrogens is 482 g/mol. The highest BCUT2D eigenvalue weighted by Crippen LogP contribution is 2.37. The van der Waals surface area contributed by atoms with Crippen molar-refractivity contribution in [3.05, 3.63) is 70.9 Å². The first-order valence-corrected chi connectivity index (χ1v) is 13.3. The lowest BCUT2D eigenvalue weighted by Crippen LogP contribution is -2.52. The number of anilines is 1. The Balaban J connectivity index is 1.49. The zero-order chi connectivity index (χ0) is 27.2. The van der Waals surface area contributed by atoms with E-state index in [2.05, 4.69) is 4.90 Å². The average Bonchev–Trinajstić information content (AvgIpc) is 2.92. The van der Waals surface area contributed by atoms with Gasteiger partial charge in [-0.25, -0.2) is 4.79 Å². The summed E-state index contributed by atoms with van der Waals surface area (Å²) in [6, 6.07) is 15.8. The third-order valence-electron chi connectivity index (χ3n) is 7.23. The Kier molecular flexibility index (Phi) is 8.71. The molecule has 0 N–H and O–H groups in total. The number of carbonyl (C=O) groups is 3. The largest absolute Gasteiger partial charge is 0.492 e. The van der Waals surface area contributed by atoms with Crippen LogP contribution in [-0.4, -0.2) is 73.5 Å². The molecule has 2 aliphatic rings. The summed E-state index contributed by atoms with van der Waals surface area (Å²) in [5.41, 5.74) is 3.94. The molecule has 0 bridgehead atoms. The van der Waals surface area contributed by atoms with Gasteiger partial charge in [-0.1, -0.05) is 42.0 Å². The second-order valence-corrected chi connectivity index (χ2v) is 9.64. The molecule has 2 aromatic rings. The van der Waals surface area contributed by atoms with Crippen molar-refractivity contribution in [2.45, 2.75) is 40.0 Å². The van der Waals surface area contributed by atoms with Gasteiger partial charge in [-0.2, -0.15) is 0 Å². The summed E-state index contributed by atoms with van der Waals surface area (Å²) >= 11 is 0. The highest BCUT2D eigenvalue weighted by molar-refractivity contribution is 5.97. The van der Waals surface area contributed by atoms with Crippen LogP contribution in [0.2, 0.25) is 0 Å². The molecule has 2 aliphatic heterocycles. The molecule has 0 spiro atoms. The third-order valence-corrected chi connectivity index (χ3v) is 7.23. The minimum atomic E-state index is -0.442. The van der Waals surface area contributed by atoms with Gasteiger partial charge in [0.05, 0.1) is 24.5 Å². The number of amides is 2. The van der Waals surface area contributed by atoms with Crippen LogP contribution >= 0.6 is 0 Å².